The Labute approximate surface area is 113 Å². The number of aliphatic hydroxyl groups is 1. The van der Waals surface area contributed by atoms with Gasteiger partial charge >= 0.3 is 0 Å². The molecule has 1 atom stereocenters. The fourth-order valence-corrected chi connectivity index (χ4v) is 2.83. The maximum atomic E-state index is 10.5. The van der Waals surface area contributed by atoms with Crippen molar-refractivity contribution in [3.63, 3.8) is 0 Å². The highest BCUT2D eigenvalue weighted by Crippen LogP contribution is 2.34. The minimum atomic E-state index is -0.388. The van der Waals surface area contributed by atoms with E-state index >= 15 is 0 Å². The van der Waals surface area contributed by atoms with E-state index in [9.17, 15) is 5.11 Å². The van der Waals surface area contributed by atoms with E-state index in [0.29, 0.717) is 0 Å². The average molecular weight is 250 g/mol. The molecule has 0 aliphatic carbocycles. The molecule has 0 spiro atoms. The van der Waals surface area contributed by atoms with Crippen molar-refractivity contribution in [3.05, 3.63) is 60.2 Å². The van der Waals surface area contributed by atoms with Crippen molar-refractivity contribution in [3.8, 4) is 0 Å². The zero-order valence-electron chi connectivity index (χ0n) is 11.1. The molecule has 0 aromatic heterocycles. The molecule has 96 valence electrons. The molecule has 0 amide bonds. The van der Waals surface area contributed by atoms with E-state index in [0.717, 1.165) is 18.4 Å². The monoisotopic (exact) mass is 250 g/mol. The number of hydrogen-bond donors (Lipinski definition) is 1. The molecule has 0 radical (unpaired) electrons. The minimum Gasteiger partial charge on any atom is -0.388 e. The van der Waals surface area contributed by atoms with Gasteiger partial charge in [-0.3, -0.25) is 0 Å². The molecule has 0 heterocycles. The van der Waals surface area contributed by atoms with Crippen molar-refractivity contribution in [2.75, 3.05) is 0 Å². The third kappa shape index (κ3) is 2.11. The summed E-state index contributed by atoms with van der Waals surface area (Å²) in [6.07, 6.45) is 1.40. The van der Waals surface area contributed by atoms with Crippen LogP contribution in [0.1, 0.15) is 31.4 Å². The maximum Gasteiger partial charge on any atom is 0.0802 e. The quantitative estimate of drug-likeness (QED) is 0.660. The first kappa shape index (κ1) is 12.2. The van der Waals surface area contributed by atoms with Gasteiger partial charge in [-0.15, -0.1) is 0 Å². The lowest BCUT2D eigenvalue weighted by atomic mass is 9.92. The van der Waals surface area contributed by atoms with Gasteiger partial charge in [-0.1, -0.05) is 61.9 Å². The van der Waals surface area contributed by atoms with Crippen molar-refractivity contribution in [1.82, 2.24) is 0 Å². The molecule has 0 aliphatic rings. The van der Waals surface area contributed by atoms with E-state index in [4.69, 9.17) is 0 Å². The van der Waals surface area contributed by atoms with Crippen LogP contribution in [0.15, 0.2) is 54.6 Å². The average Bonchev–Trinajstić information content (AvgIpc) is 2.44. The van der Waals surface area contributed by atoms with Gasteiger partial charge in [-0.05, 0) is 39.6 Å². The summed E-state index contributed by atoms with van der Waals surface area (Å²) in [5.74, 6) is 0. The summed E-state index contributed by atoms with van der Waals surface area (Å²) in [7, 11) is 0. The van der Waals surface area contributed by atoms with Crippen LogP contribution in [0.4, 0.5) is 0 Å². The molecular weight excluding hydrogens is 232 g/mol. The topological polar surface area (TPSA) is 20.2 Å². The third-order valence-electron chi connectivity index (χ3n) is 3.71. The van der Waals surface area contributed by atoms with E-state index in [-0.39, 0.29) is 6.10 Å². The fraction of sp³-hybridized carbons (Fsp3) is 0.222. The molecule has 1 unspecified atom stereocenters. The highest BCUT2D eigenvalue weighted by Gasteiger charge is 2.14. The minimum absolute atomic E-state index is 0.388. The van der Waals surface area contributed by atoms with E-state index in [1.807, 2.05) is 24.3 Å². The normalized spacial score (nSPS) is 12.9. The smallest absolute Gasteiger partial charge is 0.0802 e. The number of rotatable bonds is 3. The van der Waals surface area contributed by atoms with Crippen LogP contribution in [0.25, 0.3) is 21.5 Å². The second kappa shape index (κ2) is 5.02. The van der Waals surface area contributed by atoms with Crippen LogP contribution < -0.4 is 0 Å². The van der Waals surface area contributed by atoms with Crippen LogP contribution in [-0.4, -0.2) is 5.11 Å². The first-order chi connectivity index (χ1) is 9.31. The first-order valence-corrected chi connectivity index (χ1v) is 6.89. The van der Waals surface area contributed by atoms with Gasteiger partial charge in [0, 0.05) is 0 Å². The summed E-state index contributed by atoms with van der Waals surface area (Å²) in [5.41, 5.74) is 1.08. The van der Waals surface area contributed by atoms with E-state index in [1.54, 1.807) is 0 Å². The zero-order valence-corrected chi connectivity index (χ0v) is 11.1. The fourth-order valence-electron chi connectivity index (χ4n) is 2.83. The van der Waals surface area contributed by atoms with Crippen molar-refractivity contribution in [1.29, 1.82) is 0 Å². The Morgan fingerprint density at radius 1 is 0.895 bits per heavy atom. The lowest BCUT2D eigenvalue weighted by Crippen LogP contribution is -1.99. The van der Waals surface area contributed by atoms with Gasteiger partial charge in [0.15, 0.2) is 0 Å². The van der Waals surface area contributed by atoms with Crippen LogP contribution in [-0.2, 0) is 0 Å². The summed E-state index contributed by atoms with van der Waals surface area (Å²) in [5, 5.41) is 15.3. The largest absolute Gasteiger partial charge is 0.388 e. The molecule has 0 bridgehead atoms. The summed E-state index contributed by atoms with van der Waals surface area (Å²) in [6.45, 7) is 2.11. The molecule has 1 nitrogen and oxygen atoms in total. The summed E-state index contributed by atoms with van der Waals surface area (Å²) in [4.78, 5) is 0. The second-order valence-electron chi connectivity index (χ2n) is 5.04. The molecule has 0 aliphatic heterocycles. The predicted octanol–water partition coefficient (Wildman–Crippen LogP) is 4.83. The lowest BCUT2D eigenvalue weighted by molar-refractivity contribution is 0.169. The van der Waals surface area contributed by atoms with E-state index < -0.39 is 0 Å². The third-order valence-corrected chi connectivity index (χ3v) is 3.71. The van der Waals surface area contributed by atoms with Gasteiger partial charge < -0.3 is 5.11 Å². The van der Waals surface area contributed by atoms with Gasteiger partial charge in [0.2, 0.25) is 0 Å². The Morgan fingerprint density at radius 2 is 1.42 bits per heavy atom. The maximum absolute atomic E-state index is 10.5. The molecular formula is C18H18O. The molecule has 1 heteroatoms. The Hall–Kier alpha value is -1.86. The van der Waals surface area contributed by atoms with Gasteiger partial charge in [-0.2, -0.15) is 0 Å². The summed E-state index contributed by atoms with van der Waals surface area (Å²) >= 11 is 0. The highest BCUT2D eigenvalue weighted by molar-refractivity contribution is 6.02. The molecule has 3 rings (SSSR count). The molecule has 1 N–H and O–H groups in total. The summed E-state index contributed by atoms with van der Waals surface area (Å²) in [6, 6.07) is 18.8. The van der Waals surface area contributed by atoms with Gasteiger partial charge in [0.25, 0.3) is 0 Å². The Morgan fingerprint density at radius 3 is 1.95 bits per heavy atom. The first-order valence-electron chi connectivity index (χ1n) is 6.89. The second-order valence-corrected chi connectivity index (χ2v) is 5.04. The molecule has 0 saturated heterocycles. The summed E-state index contributed by atoms with van der Waals surface area (Å²) < 4.78 is 0. The number of fused-ring (bicyclic) bond motifs is 2. The van der Waals surface area contributed by atoms with Gasteiger partial charge in [0.05, 0.1) is 6.10 Å². The van der Waals surface area contributed by atoms with Crippen molar-refractivity contribution < 1.29 is 5.11 Å². The predicted molar refractivity (Wildman–Crippen MR) is 81.3 cm³/mol. The van der Waals surface area contributed by atoms with Crippen molar-refractivity contribution in [2.45, 2.75) is 25.9 Å². The van der Waals surface area contributed by atoms with Crippen LogP contribution in [0.5, 0.6) is 0 Å². The molecule has 19 heavy (non-hydrogen) atoms. The zero-order chi connectivity index (χ0) is 13.2. The number of aliphatic hydroxyl groups excluding tert-OH is 1. The van der Waals surface area contributed by atoms with E-state index in [2.05, 4.69) is 37.3 Å². The molecule has 3 aromatic rings. The standard InChI is InChI=1S/C18H18O/c1-2-7-17(19)18-15-10-5-3-8-13(15)12-14-9-4-6-11-16(14)18/h3-6,8-12,17,19H,2,7H2,1H3. The van der Waals surface area contributed by atoms with Gasteiger partial charge in [-0.25, -0.2) is 0 Å². The van der Waals surface area contributed by atoms with E-state index in [1.165, 1.54) is 21.5 Å². The number of hydrogen-bond acceptors (Lipinski definition) is 1. The SMILES string of the molecule is CCCC(O)c1c2ccccc2cc2ccccc12. The van der Waals surface area contributed by atoms with Crippen LogP contribution >= 0.6 is 0 Å². The van der Waals surface area contributed by atoms with Crippen LogP contribution in [0.3, 0.4) is 0 Å². The van der Waals surface area contributed by atoms with Crippen molar-refractivity contribution >= 4 is 21.5 Å². The Balaban J connectivity index is 2.39. The van der Waals surface area contributed by atoms with Gasteiger partial charge in [0.1, 0.15) is 0 Å². The highest BCUT2D eigenvalue weighted by atomic mass is 16.3. The van der Waals surface area contributed by atoms with Crippen LogP contribution in [0, 0.1) is 0 Å². The Bertz CT molecular complexity index is 661. The molecule has 0 fully saturated rings. The molecule has 0 saturated carbocycles. The Kier molecular flexibility index (Phi) is 3.22. The lowest BCUT2D eigenvalue weighted by Gasteiger charge is -2.16. The van der Waals surface area contributed by atoms with Crippen molar-refractivity contribution in [2.24, 2.45) is 0 Å². The van der Waals surface area contributed by atoms with Crippen LogP contribution in [0.2, 0.25) is 0 Å². The molecule has 3 aromatic carbocycles. The number of benzene rings is 3.